The molecule has 0 saturated carbocycles. The lowest BCUT2D eigenvalue weighted by Gasteiger charge is -2.32. The third-order valence-electron chi connectivity index (χ3n) is 4.64. The van der Waals surface area contributed by atoms with Crippen molar-refractivity contribution in [2.45, 2.75) is 32.8 Å². The van der Waals surface area contributed by atoms with Gasteiger partial charge in [-0.15, -0.1) is 0 Å². The van der Waals surface area contributed by atoms with Gasteiger partial charge >= 0.3 is 0 Å². The van der Waals surface area contributed by atoms with E-state index in [1.807, 2.05) is 30.0 Å². The lowest BCUT2D eigenvalue weighted by atomic mass is 10.0. The van der Waals surface area contributed by atoms with Gasteiger partial charge in [0, 0.05) is 49.1 Å². The molecule has 2 amide bonds. The monoisotopic (exact) mass is 386 g/mol. The molecule has 1 N–H and O–H groups in total. The molecule has 27 heavy (non-hydrogen) atoms. The van der Waals surface area contributed by atoms with E-state index in [9.17, 15) is 9.59 Å². The molecule has 5 nitrogen and oxygen atoms in total. The average Bonchev–Trinajstić information content (AvgIpc) is 2.65. The van der Waals surface area contributed by atoms with Gasteiger partial charge in [0.05, 0.1) is 0 Å². The lowest BCUT2D eigenvalue weighted by molar-refractivity contribution is -0.114. The maximum atomic E-state index is 12.8. The minimum atomic E-state index is -0.150. The molecule has 2 aromatic carbocycles. The minimum Gasteiger partial charge on any atom is -0.490 e. The smallest absolute Gasteiger partial charge is 0.253 e. The van der Waals surface area contributed by atoms with E-state index in [1.54, 1.807) is 24.3 Å². The molecule has 1 fully saturated rings. The largest absolute Gasteiger partial charge is 0.490 e. The van der Waals surface area contributed by atoms with Crippen LogP contribution in [0.3, 0.4) is 0 Å². The summed E-state index contributed by atoms with van der Waals surface area (Å²) < 4.78 is 5.98. The molecule has 142 valence electrons. The number of aryl methyl sites for hydroxylation is 1. The van der Waals surface area contributed by atoms with E-state index in [0.29, 0.717) is 29.4 Å². The predicted molar refractivity (Wildman–Crippen MR) is 106 cm³/mol. The van der Waals surface area contributed by atoms with Gasteiger partial charge in [-0.3, -0.25) is 9.59 Å². The maximum Gasteiger partial charge on any atom is 0.253 e. The van der Waals surface area contributed by atoms with E-state index in [0.717, 1.165) is 24.2 Å². The van der Waals surface area contributed by atoms with E-state index in [-0.39, 0.29) is 17.9 Å². The first-order valence-corrected chi connectivity index (χ1v) is 9.40. The Hall–Kier alpha value is -2.53. The normalized spacial score (nSPS) is 14.7. The number of hydrogen-bond donors (Lipinski definition) is 1. The summed E-state index contributed by atoms with van der Waals surface area (Å²) in [5.74, 6) is 0.622. The van der Waals surface area contributed by atoms with Crippen LogP contribution in [0.1, 0.15) is 35.7 Å². The Kier molecular flexibility index (Phi) is 6.01. The third-order valence-corrected chi connectivity index (χ3v) is 4.89. The Morgan fingerprint density at radius 3 is 2.41 bits per heavy atom. The Balaban J connectivity index is 1.59. The standard InChI is InChI=1S/C21H23ClN2O3/c1-14-3-4-16(13-20(14)23-15(2)25)21(26)24-11-9-19(10-12-24)27-18-7-5-17(22)6-8-18/h3-8,13,19H,9-12H2,1-2H3,(H,23,25). The zero-order valence-electron chi connectivity index (χ0n) is 15.5. The summed E-state index contributed by atoms with van der Waals surface area (Å²) in [6.07, 6.45) is 1.64. The van der Waals surface area contributed by atoms with E-state index >= 15 is 0 Å². The summed E-state index contributed by atoms with van der Waals surface area (Å²) in [7, 11) is 0. The van der Waals surface area contributed by atoms with Crippen molar-refractivity contribution in [2.75, 3.05) is 18.4 Å². The molecule has 0 bridgehead atoms. The molecule has 0 atom stereocenters. The van der Waals surface area contributed by atoms with Gasteiger partial charge in [0.15, 0.2) is 0 Å². The molecule has 1 saturated heterocycles. The number of anilines is 1. The van der Waals surface area contributed by atoms with Gasteiger partial charge in [-0.2, -0.15) is 0 Å². The third kappa shape index (κ3) is 5.01. The summed E-state index contributed by atoms with van der Waals surface area (Å²) >= 11 is 5.89. The number of likely N-dealkylation sites (tertiary alicyclic amines) is 1. The fourth-order valence-corrected chi connectivity index (χ4v) is 3.27. The summed E-state index contributed by atoms with van der Waals surface area (Å²) in [6, 6.07) is 12.7. The Morgan fingerprint density at radius 2 is 1.78 bits per heavy atom. The zero-order valence-corrected chi connectivity index (χ0v) is 16.3. The second-order valence-electron chi connectivity index (χ2n) is 6.77. The van der Waals surface area contributed by atoms with Gasteiger partial charge < -0.3 is 15.0 Å². The van der Waals surface area contributed by atoms with E-state index in [2.05, 4.69) is 5.32 Å². The highest BCUT2D eigenvalue weighted by Gasteiger charge is 2.25. The van der Waals surface area contributed by atoms with Crippen molar-refractivity contribution in [3.8, 4) is 5.75 Å². The molecule has 0 aromatic heterocycles. The average molecular weight is 387 g/mol. The first-order valence-electron chi connectivity index (χ1n) is 9.02. The number of hydrogen-bond acceptors (Lipinski definition) is 3. The number of benzene rings is 2. The molecule has 0 radical (unpaired) electrons. The van der Waals surface area contributed by atoms with E-state index in [4.69, 9.17) is 16.3 Å². The SMILES string of the molecule is CC(=O)Nc1cc(C(=O)N2CCC(Oc3ccc(Cl)cc3)CC2)ccc1C. The lowest BCUT2D eigenvalue weighted by Crippen LogP contribution is -2.41. The van der Waals surface area contributed by atoms with Crippen molar-refractivity contribution < 1.29 is 14.3 Å². The fourth-order valence-electron chi connectivity index (χ4n) is 3.14. The van der Waals surface area contributed by atoms with Gasteiger partial charge in [-0.05, 0) is 48.9 Å². The highest BCUT2D eigenvalue weighted by molar-refractivity contribution is 6.30. The summed E-state index contributed by atoms with van der Waals surface area (Å²) in [4.78, 5) is 26.0. The maximum absolute atomic E-state index is 12.8. The molecule has 0 spiro atoms. The van der Waals surface area contributed by atoms with Crippen LogP contribution < -0.4 is 10.1 Å². The number of carbonyl (C=O) groups excluding carboxylic acids is 2. The second-order valence-corrected chi connectivity index (χ2v) is 7.21. The summed E-state index contributed by atoms with van der Waals surface area (Å²) in [5, 5.41) is 3.45. The van der Waals surface area contributed by atoms with Crippen LogP contribution >= 0.6 is 11.6 Å². The second kappa shape index (κ2) is 8.44. The van der Waals surface area contributed by atoms with Crippen LogP contribution in [0.2, 0.25) is 5.02 Å². The number of nitrogens with zero attached hydrogens (tertiary/aromatic N) is 1. The molecule has 1 heterocycles. The van der Waals surface area contributed by atoms with Crippen molar-refractivity contribution in [1.82, 2.24) is 4.90 Å². The van der Waals surface area contributed by atoms with Crippen molar-refractivity contribution in [1.29, 1.82) is 0 Å². The van der Waals surface area contributed by atoms with Crippen molar-refractivity contribution >= 4 is 29.1 Å². The molecule has 0 aliphatic carbocycles. The molecule has 1 aliphatic heterocycles. The molecule has 2 aromatic rings. The number of carbonyl (C=O) groups is 2. The highest BCUT2D eigenvalue weighted by atomic mass is 35.5. The number of amides is 2. The minimum absolute atomic E-state index is 0.0217. The number of nitrogens with one attached hydrogen (secondary N) is 1. The van der Waals surface area contributed by atoms with Crippen LogP contribution in [-0.4, -0.2) is 35.9 Å². The van der Waals surface area contributed by atoms with Gasteiger partial charge in [-0.25, -0.2) is 0 Å². The molecule has 1 aliphatic rings. The Morgan fingerprint density at radius 1 is 1.11 bits per heavy atom. The van der Waals surface area contributed by atoms with Crippen LogP contribution in [0, 0.1) is 6.92 Å². The van der Waals surface area contributed by atoms with E-state index in [1.165, 1.54) is 6.92 Å². The zero-order chi connectivity index (χ0) is 19.4. The van der Waals surface area contributed by atoms with E-state index < -0.39 is 0 Å². The fraction of sp³-hybridized carbons (Fsp3) is 0.333. The van der Waals surface area contributed by atoms with Gasteiger partial charge in [0.25, 0.3) is 5.91 Å². The van der Waals surface area contributed by atoms with Crippen LogP contribution in [0.25, 0.3) is 0 Å². The highest BCUT2D eigenvalue weighted by Crippen LogP contribution is 2.23. The molecular weight excluding hydrogens is 364 g/mol. The van der Waals surface area contributed by atoms with Gasteiger partial charge in [0.1, 0.15) is 11.9 Å². The number of halogens is 1. The molecule has 6 heteroatoms. The summed E-state index contributed by atoms with van der Waals surface area (Å²) in [6.45, 7) is 4.64. The first kappa shape index (κ1) is 19.2. The number of ether oxygens (including phenoxy) is 1. The van der Waals surface area contributed by atoms with Crippen molar-refractivity contribution in [3.05, 3.63) is 58.6 Å². The molecule has 0 unspecified atom stereocenters. The van der Waals surface area contributed by atoms with Crippen molar-refractivity contribution in [3.63, 3.8) is 0 Å². The molecule has 3 rings (SSSR count). The van der Waals surface area contributed by atoms with Crippen LogP contribution in [-0.2, 0) is 4.79 Å². The molecular formula is C21H23ClN2O3. The quantitative estimate of drug-likeness (QED) is 0.852. The topological polar surface area (TPSA) is 58.6 Å². The Labute approximate surface area is 164 Å². The van der Waals surface area contributed by atoms with Crippen molar-refractivity contribution in [2.24, 2.45) is 0 Å². The van der Waals surface area contributed by atoms with Gasteiger partial charge in [0.2, 0.25) is 5.91 Å². The van der Waals surface area contributed by atoms with Crippen LogP contribution in [0.4, 0.5) is 5.69 Å². The van der Waals surface area contributed by atoms with Gasteiger partial charge in [-0.1, -0.05) is 17.7 Å². The number of rotatable bonds is 4. The Bertz CT molecular complexity index is 828. The van der Waals surface area contributed by atoms with Crippen LogP contribution in [0.15, 0.2) is 42.5 Å². The first-order chi connectivity index (χ1) is 12.9. The number of piperidine rings is 1. The summed E-state index contributed by atoms with van der Waals surface area (Å²) in [5.41, 5.74) is 2.19. The predicted octanol–water partition coefficient (Wildman–Crippen LogP) is 4.29. The van der Waals surface area contributed by atoms with Crippen LogP contribution in [0.5, 0.6) is 5.75 Å².